The van der Waals surface area contributed by atoms with Gasteiger partial charge in [0.2, 0.25) is 0 Å². The van der Waals surface area contributed by atoms with Crippen LogP contribution in [0.25, 0.3) is 0 Å². The van der Waals surface area contributed by atoms with Gasteiger partial charge in [-0.2, -0.15) is 5.26 Å². The van der Waals surface area contributed by atoms with E-state index < -0.39 is 4.92 Å². The van der Waals surface area contributed by atoms with Crippen LogP contribution in [0.5, 0.6) is 11.5 Å². The molecule has 0 aromatic heterocycles. The Balaban J connectivity index is 2.22. The molecule has 0 heterocycles. The molecule has 0 spiro atoms. The third-order valence-electron chi connectivity index (χ3n) is 2.83. The normalized spacial score (nSPS) is 9.90. The number of nitro benzene ring substituents is 1. The van der Waals surface area contributed by atoms with E-state index in [1.807, 2.05) is 0 Å². The fourth-order valence-corrected chi connectivity index (χ4v) is 1.99. The predicted molar refractivity (Wildman–Crippen MR) is 78.5 cm³/mol. The molecule has 2 aromatic carbocycles. The number of hydrogen-bond acceptors (Lipinski definition) is 4. The standard InChI is InChI=1S/C15H11ClN2O3/c16-10-12-9-13(18(19)20)3-6-15(12)21-14-4-1-11(2-5-14)7-8-17/h1-6,9H,7,10H2. The summed E-state index contributed by atoms with van der Waals surface area (Å²) in [7, 11) is 0. The van der Waals surface area contributed by atoms with E-state index in [4.69, 9.17) is 21.6 Å². The first-order chi connectivity index (χ1) is 10.1. The lowest BCUT2D eigenvalue weighted by atomic mass is 10.1. The van der Waals surface area contributed by atoms with E-state index >= 15 is 0 Å². The summed E-state index contributed by atoms with van der Waals surface area (Å²) in [5.74, 6) is 1.17. The molecule has 0 radical (unpaired) electrons. The van der Waals surface area contributed by atoms with Gasteiger partial charge < -0.3 is 4.74 Å². The van der Waals surface area contributed by atoms with Gasteiger partial charge in [0.25, 0.3) is 5.69 Å². The largest absolute Gasteiger partial charge is 0.457 e. The summed E-state index contributed by atoms with van der Waals surface area (Å²) < 4.78 is 5.68. The zero-order valence-electron chi connectivity index (χ0n) is 11.0. The molecule has 2 aromatic rings. The zero-order chi connectivity index (χ0) is 15.2. The second-order valence-electron chi connectivity index (χ2n) is 4.26. The highest BCUT2D eigenvalue weighted by Gasteiger charge is 2.11. The molecule has 0 aliphatic heterocycles. The van der Waals surface area contributed by atoms with Crippen LogP contribution in [-0.4, -0.2) is 4.92 Å². The molecule has 5 nitrogen and oxygen atoms in total. The minimum Gasteiger partial charge on any atom is -0.457 e. The lowest BCUT2D eigenvalue weighted by Crippen LogP contribution is -1.93. The maximum Gasteiger partial charge on any atom is 0.270 e. The number of ether oxygens (including phenoxy) is 1. The van der Waals surface area contributed by atoms with Crippen LogP contribution in [0.1, 0.15) is 11.1 Å². The molecule has 0 saturated heterocycles. The molecule has 0 saturated carbocycles. The Morgan fingerprint density at radius 3 is 2.52 bits per heavy atom. The summed E-state index contributed by atoms with van der Waals surface area (Å²) in [6, 6.07) is 13.4. The first kappa shape index (κ1) is 14.8. The van der Waals surface area contributed by atoms with Gasteiger partial charge in [-0.1, -0.05) is 12.1 Å². The van der Waals surface area contributed by atoms with Crippen LogP contribution in [0.3, 0.4) is 0 Å². The average Bonchev–Trinajstić information content (AvgIpc) is 2.49. The summed E-state index contributed by atoms with van der Waals surface area (Å²) in [5.41, 5.74) is 1.42. The van der Waals surface area contributed by atoms with E-state index in [1.54, 1.807) is 24.3 Å². The van der Waals surface area contributed by atoms with Gasteiger partial charge in [-0.25, -0.2) is 0 Å². The quantitative estimate of drug-likeness (QED) is 0.471. The van der Waals surface area contributed by atoms with E-state index in [9.17, 15) is 10.1 Å². The summed E-state index contributed by atoms with van der Waals surface area (Å²) in [6.07, 6.45) is 0.338. The van der Waals surface area contributed by atoms with Crippen molar-refractivity contribution < 1.29 is 9.66 Å². The first-order valence-corrected chi connectivity index (χ1v) is 6.64. The minimum atomic E-state index is -0.476. The number of rotatable bonds is 5. The summed E-state index contributed by atoms with van der Waals surface area (Å²) in [5, 5.41) is 19.3. The van der Waals surface area contributed by atoms with Gasteiger partial charge in [0.15, 0.2) is 0 Å². The van der Waals surface area contributed by atoms with Gasteiger partial charge in [-0.3, -0.25) is 10.1 Å². The smallest absolute Gasteiger partial charge is 0.270 e. The number of nitrogens with zero attached hydrogens (tertiary/aromatic N) is 2. The highest BCUT2D eigenvalue weighted by molar-refractivity contribution is 6.17. The van der Waals surface area contributed by atoms with Gasteiger partial charge >= 0.3 is 0 Å². The van der Waals surface area contributed by atoms with Crippen LogP contribution in [0.4, 0.5) is 5.69 Å². The summed E-state index contributed by atoms with van der Waals surface area (Å²) in [6.45, 7) is 0. The van der Waals surface area contributed by atoms with E-state index in [0.717, 1.165) is 5.56 Å². The number of hydrogen-bond donors (Lipinski definition) is 0. The lowest BCUT2D eigenvalue weighted by molar-refractivity contribution is -0.384. The molecule has 2 rings (SSSR count). The molecule has 21 heavy (non-hydrogen) atoms. The SMILES string of the molecule is N#CCc1ccc(Oc2ccc([N+](=O)[O-])cc2CCl)cc1. The number of nitro groups is 1. The molecule has 0 aliphatic rings. The molecule has 0 unspecified atom stereocenters. The second kappa shape index (κ2) is 6.73. The van der Waals surface area contributed by atoms with Gasteiger partial charge in [-0.15, -0.1) is 11.6 Å². The molecule has 0 bridgehead atoms. The maximum absolute atomic E-state index is 10.7. The van der Waals surface area contributed by atoms with Crippen molar-refractivity contribution in [1.29, 1.82) is 5.26 Å². The monoisotopic (exact) mass is 302 g/mol. The van der Waals surface area contributed by atoms with Crippen molar-refractivity contribution in [3.63, 3.8) is 0 Å². The molecular formula is C15H11ClN2O3. The number of benzene rings is 2. The van der Waals surface area contributed by atoms with Gasteiger partial charge in [0, 0.05) is 17.7 Å². The molecule has 0 amide bonds. The third kappa shape index (κ3) is 3.71. The third-order valence-corrected chi connectivity index (χ3v) is 3.12. The van der Waals surface area contributed by atoms with Crippen molar-refractivity contribution in [3.05, 3.63) is 63.7 Å². The predicted octanol–water partition coefficient (Wildman–Crippen LogP) is 4.19. The van der Waals surface area contributed by atoms with Crippen molar-refractivity contribution in [1.82, 2.24) is 0 Å². The highest BCUT2D eigenvalue weighted by Crippen LogP contribution is 2.30. The Hall–Kier alpha value is -2.58. The molecular weight excluding hydrogens is 292 g/mol. The first-order valence-electron chi connectivity index (χ1n) is 6.11. The number of non-ortho nitro benzene ring substituents is 1. The minimum absolute atomic E-state index is 0.0256. The topological polar surface area (TPSA) is 76.2 Å². The van der Waals surface area contributed by atoms with Crippen LogP contribution in [0.2, 0.25) is 0 Å². The van der Waals surface area contributed by atoms with E-state index in [0.29, 0.717) is 23.5 Å². The Morgan fingerprint density at radius 1 is 1.24 bits per heavy atom. The van der Waals surface area contributed by atoms with Crippen LogP contribution < -0.4 is 4.74 Å². The molecule has 0 N–H and O–H groups in total. The van der Waals surface area contributed by atoms with Crippen molar-refractivity contribution >= 4 is 17.3 Å². The molecule has 6 heteroatoms. The fraction of sp³-hybridized carbons (Fsp3) is 0.133. The molecule has 0 fully saturated rings. The van der Waals surface area contributed by atoms with Crippen molar-refractivity contribution in [2.75, 3.05) is 0 Å². The Morgan fingerprint density at radius 2 is 1.95 bits per heavy atom. The van der Waals surface area contributed by atoms with Crippen LogP contribution in [0.15, 0.2) is 42.5 Å². The van der Waals surface area contributed by atoms with Crippen molar-refractivity contribution in [2.24, 2.45) is 0 Å². The summed E-state index contributed by atoms with van der Waals surface area (Å²) >= 11 is 5.80. The van der Waals surface area contributed by atoms with E-state index in [-0.39, 0.29) is 11.6 Å². The number of alkyl halides is 1. The van der Waals surface area contributed by atoms with Crippen LogP contribution in [-0.2, 0) is 12.3 Å². The summed E-state index contributed by atoms with van der Waals surface area (Å²) in [4.78, 5) is 10.3. The van der Waals surface area contributed by atoms with Gasteiger partial charge in [-0.05, 0) is 23.8 Å². The molecule has 0 aliphatic carbocycles. The molecule has 106 valence electrons. The van der Waals surface area contributed by atoms with Crippen molar-refractivity contribution in [3.8, 4) is 17.6 Å². The second-order valence-corrected chi connectivity index (χ2v) is 4.53. The maximum atomic E-state index is 10.7. The van der Waals surface area contributed by atoms with Crippen LogP contribution in [0, 0.1) is 21.4 Å². The molecule has 0 atom stereocenters. The Bertz CT molecular complexity index is 693. The Labute approximate surface area is 126 Å². The van der Waals surface area contributed by atoms with E-state index in [2.05, 4.69) is 6.07 Å². The average molecular weight is 303 g/mol. The van der Waals surface area contributed by atoms with Gasteiger partial charge in [0.05, 0.1) is 23.3 Å². The number of nitriles is 1. The van der Waals surface area contributed by atoms with E-state index in [1.165, 1.54) is 18.2 Å². The van der Waals surface area contributed by atoms with Gasteiger partial charge in [0.1, 0.15) is 11.5 Å². The fourth-order valence-electron chi connectivity index (χ4n) is 1.78. The number of halogens is 1. The van der Waals surface area contributed by atoms with Crippen molar-refractivity contribution in [2.45, 2.75) is 12.3 Å². The highest BCUT2D eigenvalue weighted by atomic mass is 35.5. The zero-order valence-corrected chi connectivity index (χ0v) is 11.7. The lowest BCUT2D eigenvalue weighted by Gasteiger charge is -2.09. The Kier molecular flexibility index (Phi) is 4.75. The van der Waals surface area contributed by atoms with Crippen LogP contribution >= 0.6 is 11.6 Å².